The Hall–Kier alpha value is -1.26. The molecular formula is C11H20N2O3. The van der Waals surface area contributed by atoms with Crippen molar-refractivity contribution in [1.29, 1.82) is 0 Å². The van der Waals surface area contributed by atoms with Crippen molar-refractivity contribution in [2.24, 2.45) is 0 Å². The molecule has 2 amide bonds. The lowest BCUT2D eigenvalue weighted by Crippen LogP contribution is -2.46. The topological polar surface area (TPSA) is 60.9 Å². The van der Waals surface area contributed by atoms with E-state index in [1.165, 1.54) is 0 Å². The summed E-state index contributed by atoms with van der Waals surface area (Å²) in [6.45, 7) is 5.72. The second-order valence-electron chi connectivity index (χ2n) is 4.41. The number of nitrogens with zero attached hydrogens (tertiary/aromatic N) is 2. The third kappa shape index (κ3) is 3.40. The highest BCUT2D eigenvalue weighted by Crippen LogP contribution is 2.12. The molecule has 0 aromatic heterocycles. The van der Waals surface area contributed by atoms with Gasteiger partial charge in [0.05, 0.1) is 6.42 Å². The second-order valence-corrected chi connectivity index (χ2v) is 4.41. The average molecular weight is 228 g/mol. The number of hydrogen-bond acceptors (Lipinski definition) is 2. The van der Waals surface area contributed by atoms with E-state index in [2.05, 4.69) is 0 Å². The Morgan fingerprint density at radius 1 is 1.31 bits per heavy atom. The van der Waals surface area contributed by atoms with Gasteiger partial charge in [0, 0.05) is 25.7 Å². The van der Waals surface area contributed by atoms with Crippen LogP contribution in [0.5, 0.6) is 0 Å². The lowest BCUT2D eigenvalue weighted by atomic mass is 10.3. The van der Waals surface area contributed by atoms with Crippen LogP contribution in [0.3, 0.4) is 0 Å². The Morgan fingerprint density at radius 2 is 1.88 bits per heavy atom. The van der Waals surface area contributed by atoms with E-state index in [9.17, 15) is 9.59 Å². The zero-order valence-electron chi connectivity index (χ0n) is 9.98. The first-order chi connectivity index (χ1) is 7.52. The fraction of sp³-hybridized carbons (Fsp3) is 0.818. The molecule has 1 aliphatic rings. The molecule has 5 nitrogen and oxygen atoms in total. The largest absolute Gasteiger partial charge is 0.481 e. The summed E-state index contributed by atoms with van der Waals surface area (Å²) in [6, 6.07) is 0.0289. The number of rotatable bonds is 4. The molecule has 1 N–H and O–H groups in total. The molecule has 0 radical (unpaired) electrons. The smallest absolute Gasteiger partial charge is 0.320 e. The third-order valence-corrected chi connectivity index (χ3v) is 2.81. The summed E-state index contributed by atoms with van der Waals surface area (Å²) in [5, 5.41) is 8.64. The number of carboxylic acid groups (broad SMARTS) is 1. The van der Waals surface area contributed by atoms with Gasteiger partial charge in [0.2, 0.25) is 0 Å². The molecule has 1 fully saturated rings. The summed E-state index contributed by atoms with van der Waals surface area (Å²) >= 11 is 0. The Labute approximate surface area is 96.0 Å². The van der Waals surface area contributed by atoms with Gasteiger partial charge >= 0.3 is 12.0 Å². The van der Waals surface area contributed by atoms with Gasteiger partial charge in [0.15, 0.2) is 0 Å². The molecule has 1 aliphatic heterocycles. The van der Waals surface area contributed by atoms with Crippen LogP contribution in [-0.2, 0) is 4.79 Å². The molecule has 0 aromatic rings. The molecule has 0 aliphatic carbocycles. The van der Waals surface area contributed by atoms with Gasteiger partial charge in [-0.2, -0.15) is 0 Å². The standard InChI is InChI=1S/C11H20N2O3/c1-9(2)13(8-5-10(14)15)11(16)12-6-3-4-7-12/h9H,3-8H2,1-2H3,(H,14,15). The first kappa shape index (κ1) is 12.8. The minimum absolute atomic E-state index is 0.0117. The van der Waals surface area contributed by atoms with E-state index in [1.54, 1.807) is 4.90 Å². The van der Waals surface area contributed by atoms with E-state index >= 15 is 0 Å². The van der Waals surface area contributed by atoms with E-state index < -0.39 is 5.97 Å². The highest BCUT2D eigenvalue weighted by atomic mass is 16.4. The molecular weight excluding hydrogens is 208 g/mol. The van der Waals surface area contributed by atoms with E-state index in [-0.39, 0.29) is 18.5 Å². The lowest BCUT2D eigenvalue weighted by molar-refractivity contribution is -0.137. The molecule has 0 saturated carbocycles. The maximum atomic E-state index is 12.1. The number of carbonyl (C=O) groups is 2. The molecule has 92 valence electrons. The van der Waals surface area contributed by atoms with Crippen molar-refractivity contribution in [3.8, 4) is 0 Å². The van der Waals surface area contributed by atoms with E-state index in [4.69, 9.17) is 5.11 Å². The van der Waals surface area contributed by atoms with E-state index in [1.807, 2.05) is 18.7 Å². The zero-order chi connectivity index (χ0) is 12.1. The lowest BCUT2D eigenvalue weighted by Gasteiger charge is -2.30. The van der Waals surface area contributed by atoms with Crippen LogP contribution < -0.4 is 0 Å². The van der Waals surface area contributed by atoms with Gasteiger partial charge in [-0.3, -0.25) is 4.79 Å². The molecule has 1 heterocycles. The van der Waals surface area contributed by atoms with Crippen molar-refractivity contribution < 1.29 is 14.7 Å². The number of carbonyl (C=O) groups excluding carboxylic acids is 1. The minimum Gasteiger partial charge on any atom is -0.481 e. The summed E-state index contributed by atoms with van der Waals surface area (Å²) in [7, 11) is 0. The van der Waals surface area contributed by atoms with Crippen LogP contribution in [0.2, 0.25) is 0 Å². The minimum atomic E-state index is -0.861. The normalized spacial score (nSPS) is 15.6. The van der Waals surface area contributed by atoms with Gasteiger partial charge in [-0.1, -0.05) is 0 Å². The predicted molar refractivity (Wildman–Crippen MR) is 60.3 cm³/mol. The monoisotopic (exact) mass is 228 g/mol. The van der Waals surface area contributed by atoms with Crippen LogP contribution in [0, 0.1) is 0 Å². The highest BCUT2D eigenvalue weighted by molar-refractivity contribution is 5.76. The predicted octanol–water partition coefficient (Wildman–Crippen LogP) is 1.39. The number of likely N-dealkylation sites (tertiary alicyclic amines) is 1. The summed E-state index contributed by atoms with van der Waals surface area (Å²) < 4.78 is 0. The zero-order valence-corrected chi connectivity index (χ0v) is 9.98. The maximum Gasteiger partial charge on any atom is 0.320 e. The SMILES string of the molecule is CC(C)N(CCC(=O)O)C(=O)N1CCCC1. The van der Waals surface area contributed by atoms with Crippen LogP contribution >= 0.6 is 0 Å². The molecule has 0 atom stereocenters. The maximum absolute atomic E-state index is 12.1. The van der Waals surface area contributed by atoms with Crippen molar-refractivity contribution in [3.63, 3.8) is 0 Å². The summed E-state index contributed by atoms with van der Waals surface area (Å²) in [4.78, 5) is 26.0. The van der Waals surface area contributed by atoms with Crippen molar-refractivity contribution in [2.75, 3.05) is 19.6 Å². The van der Waals surface area contributed by atoms with Crippen LogP contribution in [-0.4, -0.2) is 52.6 Å². The first-order valence-electron chi connectivity index (χ1n) is 5.79. The molecule has 5 heteroatoms. The quantitative estimate of drug-likeness (QED) is 0.791. The molecule has 0 bridgehead atoms. The van der Waals surface area contributed by atoms with Gasteiger partial charge in [0.25, 0.3) is 0 Å². The average Bonchev–Trinajstić information content (AvgIpc) is 2.69. The number of urea groups is 1. The Kier molecular flexibility index (Phi) is 4.58. The number of hydrogen-bond donors (Lipinski definition) is 1. The molecule has 1 rings (SSSR count). The van der Waals surface area contributed by atoms with E-state index in [0.717, 1.165) is 25.9 Å². The fourth-order valence-electron chi connectivity index (χ4n) is 1.88. The van der Waals surface area contributed by atoms with Crippen LogP contribution in [0.1, 0.15) is 33.1 Å². The summed E-state index contributed by atoms with van der Waals surface area (Å²) in [6.07, 6.45) is 2.12. The number of aliphatic carboxylic acids is 1. The molecule has 0 aromatic carbocycles. The van der Waals surface area contributed by atoms with Gasteiger partial charge in [-0.15, -0.1) is 0 Å². The van der Waals surface area contributed by atoms with Crippen LogP contribution in [0.15, 0.2) is 0 Å². The van der Waals surface area contributed by atoms with Gasteiger partial charge in [-0.05, 0) is 26.7 Å². The number of carboxylic acids is 1. The van der Waals surface area contributed by atoms with Crippen LogP contribution in [0.4, 0.5) is 4.79 Å². The second kappa shape index (κ2) is 5.72. The van der Waals surface area contributed by atoms with Gasteiger partial charge in [-0.25, -0.2) is 4.79 Å². The fourth-order valence-corrected chi connectivity index (χ4v) is 1.88. The molecule has 1 saturated heterocycles. The first-order valence-corrected chi connectivity index (χ1v) is 5.79. The summed E-state index contributed by atoms with van der Waals surface area (Å²) in [5.41, 5.74) is 0. The molecule has 0 spiro atoms. The van der Waals surface area contributed by atoms with Crippen molar-refractivity contribution in [1.82, 2.24) is 9.80 Å². The Morgan fingerprint density at radius 3 is 2.31 bits per heavy atom. The van der Waals surface area contributed by atoms with Crippen LogP contribution in [0.25, 0.3) is 0 Å². The Balaban J connectivity index is 2.54. The Bertz CT molecular complexity index is 260. The van der Waals surface area contributed by atoms with E-state index in [0.29, 0.717) is 6.54 Å². The number of amides is 2. The highest BCUT2D eigenvalue weighted by Gasteiger charge is 2.25. The third-order valence-electron chi connectivity index (χ3n) is 2.81. The summed E-state index contributed by atoms with van der Waals surface area (Å²) in [5.74, 6) is -0.861. The molecule has 16 heavy (non-hydrogen) atoms. The molecule has 0 unspecified atom stereocenters. The van der Waals surface area contributed by atoms with Gasteiger partial charge < -0.3 is 14.9 Å². The van der Waals surface area contributed by atoms with Gasteiger partial charge in [0.1, 0.15) is 0 Å². The van der Waals surface area contributed by atoms with Crippen molar-refractivity contribution in [2.45, 2.75) is 39.2 Å². The van der Waals surface area contributed by atoms with Crippen molar-refractivity contribution in [3.05, 3.63) is 0 Å². The van der Waals surface area contributed by atoms with Crippen molar-refractivity contribution >= 4 is 12.0 Å².